The molecule has 0 atom stereocenters. The monoisotopic (exact) mass is 804 g/mol. The molecule has 302 valence electrons. The first kappa shape index (κ1) is 37.7. The van der Waals surface area contributed by atoms with E-state index in [1.54, 1.807) is 0 Å². The SMILES string of the molecule is Cc1ccc(N(c2ccc3cc4c(cc3c2)oc2c4ccc3oc4cc5cc(N(c6ccc(C)cc6C)c6ccc(C)cc6C)ccc5cc4c32)c2ccc(C)cc2C)c(C)c1. The van der Waals surface area contributed by atoms with Crippen LogP contribution >= 0.6 is 0 Å². The molecule has 0 aliphatic carbocycles. The molecule has 0 fully saturated rings. The van der Waals surface area contributed by atoms with Gasteiger partial charge in [-0.1, -0.05) is 82.9 Å². The van der Waals surface area contributed by atoms with E-state index in [9.17, 15) is 0 Å². The summed E-state index contributed by atoms with van der Waals surface area (Å²) in [5.41, 5.74) is 20.2. The summed E-state index contributed by atoms with van der Waals surface area (Å²) in [5.74, 6) is 0. The Bertz CT molecular complexity index is 3540. The Morgan fingerprint density at radius 3 is 1.16 bits per heavy atom. The van der Waals surface area contributed by atoms with Gasteiger partial charge < -0.3 is 18.6 Å². The molecule has 4 heteroatoms. The van der Waals surface area contributed by atoms with Crippen molar-refractivity contribution in [2.24, 2.45) is 0 Å². The second-order valence-electron chi connectivity index (χ2n) is 17.6. The number of fused-ring (bicyclic) bond motifs is 9. The fourth-order valence-electron chi connectivity index (χ4n) is 9.87. The first-order chi connectivity index (χ1) is 30.0. The lowest BCUT2D eigenvalue weighted by Crippen LogP contribution is -2.13. The quantitative estimate of drug-likeness (QED) is 0.168. The maximum atomic E-state index is 6.89. The molecule has 11 rings (SSSR count). The number of aryl methyl sites for hydroxylation is 8. The zero-order valence-electron chi connectivity index (χ0n) is 36.6. The number of rotatable bonds is 6. The van der Waals surface area contributed by atoms with Crippen LogP contribution in [-0.4, -0.2) is 0 Å². The Kier molecular flexibility index (Phi) is 8.59. The predicted octanol–water partition coefficient (Wildman–Crippen LogP) is 17.2. The smallest absolute Gasteiger partial charge is 0.147 e. The summed E-state index contributed by atoms with van der Waals surface area (Å²) in [6.45, 7) is 17.4. The number of hydrogen-bond acceptors (Lipinski definition) is 4. The Morgan fingerprint density at radius 2 is 0.726 bits per heavy atom. The Morgan fingerprint density at radius 1 is 0.306 bits per heavy atom. The number of nitrogens with zero attached hydrogens (tertiary/aromatic N) is 2. The van der Waals surface area contributed by atoms with Gasteiger partial charge in [0.25, 0.3) is 0 Å². The van der Waals surface area contributed by atoms with E-state index in [0.29, 0.717) is 0 Å². The molecule has 0 N–H and O–H groups in total. The van der Waals surface area contributed by atoms with Crippen LogP contribution in [0.15, 0.2) is 154 Å². The maximum absolute atomic E-state index is 6.89. The van der Waals surface area contributed by atoms with E-state index in [4.69, 9.17) is 8.83 Å². The van der Waals surface area contributed by atoms with Gasteiger partial charge in [-0.25, -0.2) is 0 Å². The number of anilines is 6. The van der Waals surface area contributed by atoms with Crippen LogP contribution in [-0.2, 0) is 0 Å². The van der Waals surface area contributed by atoms with Crippen LogP contribution in [0.3, 0.4) is 0 Å². The van der Waals surface area contributed by atoms with Crippen molar-refractivity contribution in [3.63, 3.8) is 0 Å². The first-order valence-corrected chi connectivity index (χ1v) is 21.6. The van der Waals surface area contributed by atoms with Crippen LogP contribution in [0.5, 0.6) is 0 Å². The highest BCUT2D eigenvalue weighted by molar-refractivity contribution is 6.24. The van der Waals surface area contributed by atoms with E-state index in [0.717, 1.165) is 71.4 Å². The highest BCUT2D eigenvalue weighted by Gasteiger charge is 2.22. The van der Waals surface area contributed by atoms with Crippen molar-refractivity contribution in [2.45, 2.75) is 55.4 Å². The minimum atomic E-state index is 0.818. The minimum absolute atomic E-state index is 0.818. The molecular weight excluding hydrogens is 757 g/mol. The van der Waals surface area contributed by atoms with Crippen molar-refractivity contribution in [3.8, 4) is 0 Å². The molecule has 0 aliphatic heterocycles. The molecule has 0 amide bonds. The van der Waals surface area contributed by atoms with Gasteiger partial charge in [-0.3, -0.25) is 0 Å². The average Bonchev–Trinajstić information content (AvgIpc) is 3.79. The molecule has 2 heterocycles. The Balaban J connectivity index is 1.04. The molecule has 62 heavy (non-hydrogen) atoms. The van der Waals surface area contributed by atoms with Crippen molar-refractivity contribution in [3.05, 3.63) is 190 Å². The third kappa shape index (κ3) is 6.12. The van der Waals surface area contributed by atoms with Gasteiger partial charge in [-0.05, 0) is 184 Å². The second kappa shape index (κ2) is 14.1. The number of benzene rings is 9. The maximum Gasteiger partial charge on any atom is 0.147 e. The lowest BCUT2D eigenvalue weighted by molar-refractivity contribution is 0.663. The molecule has 0 saturated carbocycles. The van der Waals surface area contributed by atoms with Gasteiger partial charge in [-0.15, -0.1) is 0 Å². The lowest BCUT2D eigenvalue weighted by Gasteiger charge is -2.29. The number of furan rings is 2. The highest BCUT2D eigenvalue weighted by Crippen LogP contribution is 2.45. The van der Waals surface area contributed by atoms with E-state index in [1.165, 1.54) is 72.6 Å². The molecule has 0 radical (unpaired) electrons. The van der Waals surface area contributed by atoms with Crippen molar-refractivity contribution in [2.75, 3.05) is 9.80 Å². The molecule has 4 nitrogen and oxygen atoms in total. The first-order valence-electron chi connectivity index (χ1n) is 21.6. The van der Waals surface area contributed by atoms with E-state index >= 15 is 0 Å². The molecule has 9 aromatic carbocycles. The van der Waals surface area contributed by atoms with E-state index < -0.39 is 0 Å². The van der Waals surface area contributed by atoms with Gasteiger partial charge in [0.2, 0.25) is 0 Å². The Labute approximate surface area is 362 Å². The normalized spacial score (nSPS) is 11.9. The summed E-state index contributed by atoms with van der Waals surface area (Å²) in [6, 6.07) is 53.6. The lowest BCUT2D eigenvalue weighted by atomic mass is 10.0. The highest BCUT2D eigenvalue weighted by atomic mass is 16.3. The standard InChI is InChI=1S/C58H48N2O2/c1-33-9-18-50(37(5)23-33)59(51-19-10-34(2)24-38(51)6)45-15-13-41-29-48-47-17-22-54-57(58(47)62-55(48)31-43(41)27-45)49-30-42-14-16-46(28-44(42)32-56(49)61-54)60(52-20-11-35(3)25-39(52)7)53-21-12-36(4)26-40(53)8/h9-32H,1-8H3. The molecular formula is C58H48N2O2. The van der Waals surface area contributed by atoms with Gasteiger partial charge in [0, 0.05) is 50.3 Å². The van der Waals surface area contributed by atoms with E-state index in [1.807, 2.05) is 0 Å². The predicted molar refractivity (Wildman–Crippen MR) is 263 cm³/mol. The molecule has 0 unspecified atom stereocenters. The molecule has 0 bridgehead atoms. The van der Waals surface area contributed by atoms with Gasteiger partial charge in [0.15, 0.2) is 0 Å². The van der Waals surface area contributed by atoms with Crippen molar-refractivity contribution in [1.82, 2.24) is 0 Å². The summed E-state index contributed by atoms with van der Waals surface area (Å²) >= 11 is 0. The fourth-order valence-corrected chi connectivity index (χ4v) is 9.87. The summed E-state index contributed by atoms with van der Waals surface area (Å²) in [5, 5.41) is 8.80. The van der Waals surface area contributed by atoms with Crippen LogP contribution in [0.4, 0.5) is 34.1 Å². The molecule has 11 aromatic rings. The zero-order valence-corrected chi connectivity index (χ0v) is 36.6. The summed E-state index contributed by atoms with van der Waals surface area (Å²) in [7, 11) is 0. The largest absolute Gasteiger partial charge is 0.456 e. The summed E-state index contributed by atoms with van der Waals surface area (Å²) in [6.07, 6.45) is 0. The summed E-state index contributed by atoms with van der Waals surface area (Å²) in [4.78, 5) is 4.78. The third-order valence-electron chi connectivity index (χ3n) is 12.8. The zero-order chi connectivity index (χ0) is 42.6. The Hall–Kier alpha value is -7.30. The molecule has 2 aromatic heterocycles. The third-order valence-corrected chi connectivity index (χ3v) is 12.8. The van der Waals surface area contributed by atoms with Crippen LogP contribution in [0.1, 0.15) is 44.5 Å². The van der Waals surface area contributed by atoms with Crippen molar-refractivity contribution in [1.29, 1.82) is 0 Å². The van der Waals surface area contributed by atoms with Gasteiger partial charge in [0.1, 0.15) is 22.3 Å². The van der Waals surface area contributed by atoms with Crippen molar-refractivity contribution < 1.29 is 8.83 Å². The molecule has 0 saturated heterocycles. The van der Waals surface area contributed by atoms with Gasteiger partial charge >= 0.3 is 0 Å². The van der Waals surface area contributed by atoms with E-state index in [2.05, 4.69) is 211 Å². The topological polar surface area (TPSA) is 32.8 Å². The van der Waals surface area contributed by atoms with Gasteiger partial charge in [0.05, 0.1) is 5.39 Å². The second-order valence-corrected chi connectivity index (χ2v) is 17.6. The average molecular weight is 805 g/mol. The van der Waals surface area contributed by atoms with Gasteiger partial charge in [-0.2, -0.15) is 0 Å². The minimum Gasteiger partial charge on any atom is -0.456 e. The van der Waals surface area contributed by atoms with Crippen LogP contribution in [0.25, 0.3) is 65.4 Å². The fraction of sp³-hybridized carbons (Fsp3) is 0.138. The van der Waals surface area contributed by atoms with Crippen molar-refractivity contribution >= 4 is 99.5 Å². The van der Waals surface area contributed by atoms with E-state index in [-0.39, 0.29) is 0 Å². The summed E-state index contributed by atoms with van der Waals surface area (Å²) < 4.78 is 13.6. The molecule has 0 spiro atoms. The van der Waals surface area contributed by atoms with Crippen LogP contribution in [0, 0.1) is 55.4 Å². The number of hydrogen-bond donors (Lipinski definition) is 0. The molecule has 0 aliphatic rings. The van der Waals surface area contributed by atoms with Crippen LogP contribution < -0.4 is 9.80 Å². The van der Waals surface area contributed by atoms with Crippen LogP contribution in [0.2, 0.25) is 0 Å².